The van der Waals surface area contributed by atoms with E-state index in [1.54, 1.807) is 12.1 Å². The van der Waals surface area contributed by atoms with E-state index in [1.807, 2.05) is 6.92 Å². The monoisotopic (exact) mass is 219 g/mol. The van der Waals surface area contributed by atoms with Crippen molar-refractivity contribution < 1.29 is 17.9 Å². The van der Waals surface area contributed by atoms with Gasteiger partial charge in [-0.1, -0.05) is 6.92 Å². The average molecular weight is 219 g/mol. The molecular weight excluding hydrogens is 204 g/mol. The summed E-state index contributed by atoms with van der Waals surface area (Å²) in [7, 11) is 0. The second-order valence-corrected chi connectivity index (χ2v) is 3.23. The fourth-order valence-electron chi connectivity index (χ4n) is 1.26. The number of halogens is 2. The first kappa shape index (κ1) is 12.1. The number of ether oxygens (including phenoxy) is 1. The third-order valence-corrected chi connectivity index (χ3v) is 2.09. The highest BCUT2D eigenvalue weighted by molar-refractivity contribution is 5.04. The number of hydrogen-bond acceptors (Lipinski definition) is 3. The van der Waals surface area contributed by atoms with Crippen LogP contribution in [-0.2, 0) is 4.74 Å². The number of nitrogens with two attached hydrogens (primary N) is 1. The van der Waals surface area contributed by atoms with Gasteiger partial charge in [0, 0.05) is 6.04 Å². The van der Waals surface area contributed by atoms with Crippen molar-refractivity contribution in [3.8, 4) is 0 Å². The standard InChI is InChI=1S/C10H15F2NO2/c1-2-7(13)10(15-6-9(11)12)8-4-3-5-14-8/h3-5,7,9-10H,2,6,13H2,1H3. The summed E-state index contributed by atoms with van der Waals surface area (Å²) in [5.41, 5.74) is 5.76. The third-order valence-electron chi connectivity index (χ3n) is 2.09. The van der Waals surface area contributed by atoms with E-state index in [0.29, 0.717) is 12.2 Å². The molecule has 0 aliphatic rings. The Kier molecular flexibility index (Phi) is 4.71. The number of furan rings is 1. The summed E-state index contributed by atoms with van der Waals surface area (Å²) in [5, 5.41) is 0. The van der Waals surface area contributed by atoms with E-state index in [4.69, 9.17) is 14.9 Å². The van der Waals surface area contributed by atoms with Crippen molar-refractivity contribution in [3.05, 3.63) is 24.2 Å². The van der Waals surface area contributed by atoms with Crippen LogP contribution in [0.1, 0.15) is 25.2 Å². The average Bonchev–Trinajstić information content (AvgIpc) is 2.70. The van der Waals surface area contributed by atoms with E-state index in [2.05, 4.69) is 0 Å². The molecule has 5 heteroatoms. The largest absolute Gasteiger partial charge is 0.467 e. The molecule has 0 saturated carbocycles. The zero-order valence-electron chi connectivity index (χ0n) is 8.53. The van der Waals surface area contributed by atoms with Crippen molar-refractivity contribution in [3.63, 3.8) is 0 Å². The van der Waals surface area contributed by atoms with Gasteiger partial charge in [0.1, 0.15) is 18.5 Å². The van der Waals surface area contributed by atoms with Crippen molar-refractivity contribution in [2.24, 2.45) is 5.73 Å². The Morgan fingerprint density at radius 1 is 1.53 bits per heavy atom. The molecule has 0 spiro atoms. The molecule has 0 radical (unpaired) electrons. The summed E-state index contributed by atoms with van der Waals surface area (Å²) in [4.78, 5) is 0. The van der Waals surface area contributed by atoms with Crippen LogP contribution >= 0.6 is 0 Å². The summed E-state index contributed by atoms with van der Waals surface area (Å²) in [6.07, 6.45) is -0.990. The number of hydrogen-bond donors (Lipinski definition) is 1. The molecule has 0 bridgehead atoms. The van der Waals surface area contributed by atoms with Crippen molar-refractivity contribution in [2.45, 2.75) is 31.9 Å². The maximum atomic E-state index is 12.0. The molecule has 0 saturated heterocycles. The molecule has 0 aliphatic carbocycles. The van der Waals surface area contributed by atoms with Gasteiger partial charge in [-0.15, -0.1) is 0 Å². The lowest BCUT2D eigenvalue weighted by molar-refractivity contribution is -0.0429. The lowest BCUT2D eigenvalue weighted by atomic mass is 10.1. The maximum absolute atomic E-state index is 12.0. The fraction of sp³-hybridized carbons (Fsp3) is 0.600. The first-order chi connectivity index (χ1) is 7.15. The first-order valence-electron chi connectivity index (χ1n) is 4.83. The highest BCUT2D eigenvalue weighted by atomic mass is 19.3. The predicted molar refractivity (Wildman–Crippen MR) is 51.7 cm³/mol. The maximum Gasteiger partial charge on any atom is 0.261 e. The summed E-state index contributed by atoms with van der Waals surface area (Å²) in [5.74, 6) is 0.491. The van der Waals surface area contributed by atoms with E-state index in [1.165, 1.54) is 6.26 Å². The summed E-state index contributed by atoms with van der Waals surface area (Å²) >= 11 is 0. The van der Waals surface area contributed by atoms with Crippen LogP contribution in [0.2, 0.25) is 0 Å². The van der Waals surface area contributed by atoms with Gasteiger partial charge in [-0.05, 0) is 18.6 Å². The molecule has 1 rings (SSSR count). The molecule has 15 heavy (non-hydrogen) atoms. The van der Waals surface area contributed by atoms with Crippen LogP contribution in [0, 0.1) is 0 Å². The second-order valence-electron chi connectivity index (χ2n) is 3.23. The Morgan fingerprint density at radius 3 is 2.73 bits per heavy atom. The smallest absolute Gasteiger partial charge is 0.261 e. The van der Waals surface area contributed by atoms with E-state index in [-0.39, 0.29) is 6.04 Å². The summed E-state index contributed by atoms with van der Waals surface area (Å²) in [6.45, 7) is 1.24. The molecule has 1 aromatic heterocycles. The molecule has 0 aliphatic heterocycles. The summed E-state index contributed by atoms with van der Waals surface area (Å²) in [6, 6.07) is 3.01. The highest BCUT2D eigenvalue weighted by Crippen LogP contribution is 2.22. The molecule has 1 heterocycles. The minimum atomic E-state index is -2.49. The van der Waals surface area contributed by atoms with E-state index in [9.17, 15) is 8.78 Å². The Balaban J connectivity index is 2.62. The predicted octanol–water partition coefficient (Wildman–Crippen LogP) is 2.34. The molecule has 3 nitrogen and oxygen atoms in total. The molecule has 2 atom stereocenters. The topological polar surface area (TPSA) is 48.4 Å². The minimum absolute atomic E-state index is 0.338. The van der Waals surface area contributed by atoms with E-state index in [0.717, 1.165) is 0 Å². The van der Waals surface area contributed by atoms with E-state index >= 15 is 0 Å². The molecule has 0 amide bonds. The van der Waals surface area contributed by atoms with Gasteiger partial charge in [0.2, 0.25) is 0 Å². The van der Waals surface area contributed by atoms with Gasteiger partial charge < -0.3 is 14.9 Å². The second kappa shape index (κ2) is 5.82. The normalized spacial score (nSPS) is 15.5. The van der Waals surface area contributed by atoms with Gasteiger partial charge in [0.15, 0.2) is 0 Å². The van der Waals surface area contributed by atoms with Gasteiger partial charge in [-0.25, -0.2) is 8.78 Å². The highest BCUT2D eigenvalue weighted by Gasteiger charge is 2.23. The lowest BCUT2D eigenvalue weighted by Crippen LogP contribution is -2.30. The van der Waals surface area contributed by atoms with Crippen LogP contribution in [0.15, 0.2) is 22.8 Å². The summed E-state index contributed by atoms with van der Waals surface area (Å²) < 4.78 is 34.1. The van der Waals surface area contributed by atoms with Crippen LogP contribution in [0.25, 0.3) is 0 Å². The molecule has 2 unspecified atom stereocenters. The lowest BCUT2D eigenvalue weighted by Gasteiger charge is -2.21. The molecule has 2 N–H and O–H groups in total. The van der Waals surface area contributed by atoms with Crippen LogP contribution in [0.3, 0.4) is 0 Å². The Hall–Kier alpha value is -0.940. The van der Waals surface area contributed by atoms with Crippen LogP contribution < -0.4 is 5.73 Å². The Morgan fingerprint density at radius 2 is 2.27 bits per heavy atom. The Labute approximate surface area is 87.2 Å². The van der Waals surface area contributed by atoms with E-state index < -0.39 is 19.1 Å². The zero-order chi connectivity index (χ0) is 11.3. The van der Waals surface area contributed by atoms with Crippen LogP contribution in [0.4, 0.5) is 8.78 Å². The van der Waals surface area contributed by atoms with Crippen molar-refractivity contribution in [1.82, 2.24) is 0 Å². The van der Waals surface area contributed by atoms with Gasteiger partial charge in [-0.3, -0.25) is 0 Å². The first-order valence-corrected chi connectivity index (χ1v) is 4.83. The van der Waals surface area contributed by atoms with Crippen LogP contribution in [0.5, 0.6) is 0 Å². The van der Waals surface area contributed by atoms with Crippen molar-refractivity contribution >= 4 is 0 Å². The Bertz CT molecular complexity index is 264. The molecule has 0 aromatic carbocycles. The number of rotatable bonds is 6. The van der Waals surface area contributed by atoms with Gasteiger partial charge in [0.25, 0.3) is 6.43 Å². The molecule has 86 valence electrons. The molecular formula is C10H15F2NO2. The van der Waals surface area contributed by atoms with Crippen LogP contribution in [-0.4, -0.2) is 19.1 Å². The van der Waals surface area contributed by atoms with Gasteiger partial charge >= 0.3 is 0 Å². The van der Waals surface area contributed by atoms with Gasteiger partial charge in [0.05, 0.1) is 6.26 Å². The number of alkyl halides is 2. The molecule has 0 fully saturated rings. The molecule has 1 aromatic rings. The fourth-order valence-corrected chi connectivity index (χ4v) is 1.26. The minimum Gasteiger partial charge on any atom is -0.467 e. The quantitative estimate of drug-likeness (QED) is 0.798. The third kappa shape index (κ3) is 3.60. The zero-order valence-corrected chi connectivity index (χ0v) is 8.53. The van der Waals surface area contributed by atoms with Crippen molar-refractivity contribution in [1.29, 1.82) is 0 Å². The van der Waals surface area contributed by atoms with Crippen molar-refractivity contribution in [2.75, 3.05) is 6.61 Å². The SMILES string of the molecule is CCC(N)C(OCC(F)F)c1ccco1. The van der Waals surface area contributed by atoms with Gasteiger partial charge in [-0.2, -0.15) is 0 Å².